The molecule has 1 aliphatic rings. The minimum absolute atomic E-state index is 0.0408. The number of benzene rings is 1. The van der Waals surface area contributed by atoms with Crippen LogP contribution in [-0.2, 0) is 15.6 Å². The standard InChI is InChI=1S/C16H23BrO2S/c1-14-6-5-7-15(10-14)11-20(18,19)13-16(12-17)8-3-2-4-9-16/h5-7,10H,2-4,8-9,11-13H2,1H3. The maximum absolute atomic E-state index is 12.5. The summed E-state index contributed by atoms with van der Waals surface area (Å²) in [5.41, 5.74) is 1.98. The molecule has 1 fully saturated rings. The molecule has 112 valence electrons. The first-order valence-electron chi connectivity index (χ1n) is 7.27. The van der Waals surface area contributed by atoms with Gasteiger partial charge in [-0.15, -0.1) is 0 Å². The van der Waals surface area contributed by atoms with Crippen LogP contribution in [0.15, 0.2) is 24.3 Å². The molecule has 0 unspecified atom stereocenters. The summed E-state index contributed by atoms with van der Waals surface area (Å²) in [6.45, 7) is 2.00. The summed E-state index contributed by atoms with van der Waals surface area (Å²) in [6.07, 6.45) is 5.63. The lowest BCUT2D eigenvalue weighted by Gasteiger charge is -2.35. The van der Waals surface area contributed by atoms with Crippen LogP contribution < -0.4 is 0 Å². The van der Waals surface area contributed by atoms with Gasteiger partial charge in [-0.25, -0.2) is 8.42 Å². The van der Waals surface area contributed by atoms with Gasteiger partial charge in [0.05, 0.1) is 11.5 Å². The molecule has 1 aromatic carbocycles. The van der Waals surface area contributed by atoms with Gasteiger partial charge >= 0.3 is 0 Å². The minimum Gasteiger partial charge on any atom is -0.228 e. The average molecular weight is 359 g/mol. The van der Waals surface area contributed by atoms with Crippen molar-refractivity contribution < 1.29 is 8.42 Å². The fourth-order valence-electron chi connectivity index (χ4n) is 3.19. The van der Waals surface area contributed by atoms with E-state index in [4.69, 9.17) is 0 Å². The Balaban J connectivity index is 2.10. The Morgan fingerprint density at radius 3 is 2.50 bits per heavy atom. The molecule has 0 amide bonds. The summed E-state index contributed by atoms with van der Waals surface area (Å²) in [5, 5.41) is 0.799. The first-order chi connectivity index (χ1) is 9.45. The van der Waals surface area contributed by atoms with Gasteiger partial charge in [-0.05, 0) is 30.7 Å². The molecule has 0 heterocycles. The third-order valence-corrected chi connectivity index (χ3v) is 7.21. The fourth-order valence-corrected chi connectivity index (χ4v) is 6.33. The maximum Gasteiger partial charge on any atom is 0.155 e. The number of hydrogen-bond acceptors (Lipinski definition) is 2. The van der Waals surface area contributed by atoms with Crippen molar-refractivity contribution in [3.8, 4) is 0 Å². The summed E-state index contributed by atoms with van der Waals surface area (Å²) >= 11 is 3.55. The Morgan fingerprint density at radius 1 is 1.20 bits per heavy atom. The van der Waals surface area contributed by atoms with Crippen molar-refractivity contribution in [1.29, 1.82) is 0 Å². The van der Waals surface area contributed by atoms with E-state index in [0.29, 0.717) is 5.75 Å². The van der Waals surface area contributed by atoms with Gasteiger partial charge in [0.2, 0.25) is 0 Å². The Bertz CT molecular complexity index is 545. The van der Waals surface area contributed by atoms with Gasteiger partial charge in [-0.3, -0.25) is 0 Å². The van der Waals surface area contributed by atoms with Gasteiger partial charge < -0.3 is 0 Å². The minimum atomic E-state index is -3.05. The average Bonchev–Trinajstić information content (AvgIpc) is 2.38. The number of rotatable bonds is 5. The molecule has 0 atom stereocenters. The second-order valence-electron chi connectivity index (χ2n) is 6.22. The van der Waals surface area contributed by atoms with E-state index < -0.39 is 9.84 Å². The number of aryl methyl sites for hydroxylation is 1. The lowest BCUT2D eigenvalue weighted by molar-refractivity contribution is 0.256. The number of hydrogen-bond donors (Lipinski definition) is 0. The molecule has 0 aromatic heterocycles. The fraction of sp³-hybridized carbons (Fsp3) is 0.625. The second kappa shape index (κ2) is 6.61. The molecule has 0 bridgehead atoms. The number of halogens is 1. The molecule has 0 spiro atoms. The van der Waals surface area contributed by atoms with Gasteiger partial charge in [0.25, 0.3) is 0 Å². The Hall–Kier alpha value is -0.350. The number of sulfone groups is 1. The first-order valence-corrected chi connectivity index (χ1v) is 10.2. The van der Waals surface area contributed by atoms with Crippen LogP contribution in [0.4, 0.5) is 0 Å². The molecule has 1 aromatic rings. The van der Waals surface area contributed by atoms with Gasteiger partial charge in [0.15, 0.2) is 9.84 Å². The molecule has 1 aliphatic carbocycles. The highest BCUT2D eigenvalue weighted by molar-refractivity contribution is 9.09. The second-order valence-corrected chi connectivity index (χ2v) is 8.84. The third kappa shape index (κ3) is 4.32. The summed E-state index contributed by atoms with van der Waals surface area (Å²) in [5.74, 6) is 0.489. The highest BCUT2D eigenvalue weighted by atomic mass is 79.9. The molecular formula is C16H23BrO2S. The smallest absolute Gasteiger partial charge is 0.155 e. The summed E-state index contributed by atoms with van der Waals surface area (Å²) < 4.78 is 25.0. The largest absolute Gasteiger partial charge is 0.228 e. The topological polar surface area (TPSA) is 34.1 Å². The molecule has 0 radical (unpaired) electrons. The van der Waals surface area contributed by atoms with Crippen molar-refractivity contribution in [2.45, 2.75) is 44.8 Å². The van der Waals surface area contributed by atoms with Crippen molar-refractivity contribution in [2.24, 2.45) is 5.41 Å². The quantitative estimate of drug-likeness (QED) is 0.737. The van der Waals surface area contributed by atoms with E-state index in [-0.39, 0.29) is 11.2 Å². The van der Waals surface area contributed by atoms with Crippen LogP contribution in [0.25, 0.3) is 0 Å². The molecule has 2 nitrogen and oxygen atoms in total. The first kappa shape index (κ1) is 16.0. The highest BCUT2D eigenvalue weighted by Crippen LogP contribution is 2.39. The summed E-state index contributed by atoms with van der Waals surface area (Å²) in [6, 6.07) is 7.81. The van der Waals surface area contributed by atoms with Crippen LogP contribution in [0.3, 0.4) is 0 Å². The van der Waals surface area contributed by atoms with Crippen molar-refractivity contribution in [3.63, 3.8) is 0 Å². The Morgan fingerprint density at radius 2 is 1.90 bits per heavy atom. The van der Waals surface area contributed by atoms with Gasteiger partial charge in [0, 0.05) is 5.33 Å². The van der Waals surface area contributed by atoms with E-state index in [9.17, 15) is 8.42 Å². The van der Waals surface area contributed by atoms with E-state index in [2.05, 4.69) is 15.9 Å². The lowest BCUT2D eigenvalue weighted by Crippen LogP contribution is -2.34. The normalized spacial score (nSPS) is 18.9. The van der Waals surface area contributed by atoms with Crippen LogP contribution in [-0.4, -0.2) is 19.5 Å². The molecule has 0 N–H and O–H groups in total. The molecule has 1 saturated carbocycles. The molecule has 0 aliphatic heterocycles. The number of alkyl halides is 1. The zero-order valence-corrected chi connectivity index (χ0v) is 14.5. The van der Waals surface area contributed by atoms with Crippen LogP contribution in [0, 0.1) is 12.3 Å². The van der Waals surface area contributed by atoms with Gasteiger partial charge in [-0.2, -0.15) is 0 Å². The molecule has 2 rings (SSSR count). The third-order valence-electron chi connectivity index (χ3n) is 4.19. The zero-order valence-electron chi connectivity index (χ0n) is 12.1. The molecule has 20 heavy (non-hydrogen) atoms. The van der Waals surface area contributed by atoms with Crippen molar-refractivity contribution in [3.05, 3.63) is 35.4 Å². The Labute approximate surface area is 131 Å². The summed E-state index contributed by atoms with van der Waals surface area (Å²) in [7, 11) is -3.05. The van der Waals surface area contributed by atoms with Crippen LogP contribution >= 0.6 is 15.9 Å². The van der Waals surface area contributed by atoms with Crippen molar-refractivity contribution >= 4 is 25.8 Å². The van der Waals surface area contributed by atoms with E-state index in [1.54, 1.807) is 0 Å². The predicted octanol–water partition coefficient (Wildman–Crippen LogP) is 4.26. The highest BCUT2D eigenvalue weighted by Gasteiger charge is 2.35. The van der Waals surface area contributed by atoms with E-state index in [1.807, 2.05) is 31.2 Å². The monoisotopic (exact) mass is 358 g/mol. The zero-order chi connectivity index (χ0) is 14.6. The maximum atomic E-state index is 12.5. The van der Waals surface area contributed by atoms with Crippen molar-refractivity contribution in [1.82, 2.24) is 0 Å². The van der Waals surface area contributed by atoms with Gasteiger partial charge in [-0.1, -0.05) is 65.0 Å². The van der Waals surface area contributed by atoms with Gasteiger partial charge in [0.1, 0.15) is 0 Å². The van der Waals surface area contributed by atoms with E-state index in [1.165, 1.54) is 6.42 Å². The molecular weight excluding hydrogens is 336 g/mol. The molecule has 4 heteroatoms. The Kier molecular flexibility index (Phi) is 5.30. The lowest BCUT2D eigenvalue weighted by atomic mass is 9.77. The van der Waals surface area contributed by atoms with E-state index in [0.717, 1.165) is 42.1 Å². The predicted molar refractivity (Wildman–Crippen MR) is 88.0 cm³/mol. The SMILES string of the molecule is Cc1cccc(CS(=O)(=O)CC2(CBr)CCCCC2)c1. The molecule has 0 saturated heterocycles. The summed E-state index contributed by atoms with van der Waals surface area (Å²) in [4.78, 5) is 0. The van der Waals surface area contributed by atoms with Crippen molar-refractivity contribution in [2.75, 3.05) is 11.1 Å². The van der Waals surface area contributed by atoms with E-state index >= 15 is 0 Å². The van der Waals surface area contributed by atoms with Crippen LogP contribution in [0.1, 0.15) is 43.2 Å². The van der Waals surface area contributed by atoms with Crippen LogP contribution in [0.5, 0.6) is 0 Å². The van der Waals surface area contributed by atoms with Crippen LogP contribution in [0.2, 0.25) is 0 Å².